The van der Waals surface area contributed by atoms with Crippen molar-refractivity contribution in [2.75, 3.05) is 13.1 Å². The number of hydrogen-bond donors (Lipinski definition) is 1. The fraction of sp³-hybridized carbons (Fsp3) is 0.714. The molecule has 1 amide bonds. The van der Waals surface area contributed by atoms with Crippen molar-refractivity contribution in [3.63, 3.8) is 0 Å². The normalized spacial score (nSPS) is 27.7. The van der Waals surface area contributed by atoms with E-state index in [0.29, 0.717) is 17.8 Å². The monoisotopic (exact) mass is 262 g/mol. The number of hydrogen-bond acceptors (Lipinski definition) is 3. The van der Waals surface area contributed by atoms with Crippen molar-refractivity contribution >= 4 is 5.91 Å². The Morgan fingerprint density at radius 3 is 2.95 bits per heavy atom. The molecule has 1 aromatic rings. The average molecular weight is 262 g/mol. The topological polar surface area (TPSA) is 50.2 Å². The molecule has 1 N–H and O–H groups in total. The highest BCUT2D eigenvalue weighted by atomic mass is 16.2. The summed E-state index contributed by atoms with van der Waals surface area (Å²) in [6, 6.07) is 2.66. The Morgan fingerprint density at radius 1 is 1.37 bits per heavy atom. The molecule has 2 unspecified atom stereocenters. The molecule has 2 aliphatic rings. The molecule has 3 heterocycles. The molecule has 2 atom stereocenters. The lowest BCUT2D eigenvalue weighted by Gasteiger charge is -2.39. The molecule has 3 rings (SSSR count). The predicted molar refractivity (Wildman–Crippen MR) is 72.9 cm³/mol. The van der Waals surface area contributed by atoms with Crippen LogP contribution in [0.15, 0.2) is 12.3 Å². The summed E-state index contributed by atoms with van der Waals surface area (Å²) in [5.41, 5.74) is 0.699. The van der Waals surface area contributed by atoms with E-state index in [9.17, 15) is 4.79 Å². The largest absolute Gasteiger partial charge is 0.333 e. The van der Waals surface area contributed by atoms with E-state index in [1.165, 1.54) is 19.3 Å². The number of piperidine rings is 1. The highest BCUT2D eigenvalue weighted by Crippen LogP contribution is 2.25. The number of carbonyl (C=O) groups is 1. The van der Waals surface area contributed by atoms with Gasteiger partial charge < -0.3 is 10.2 Å². The minimum absolute atomic E-state index is 0.137. The Kier molecular flexibility index (Phi) is 3.55. The average Bonchev–Trinajstić information content (AvgIpc) is 3.09. The number of nitrogens with zero attached hydrogens (tertiary/aromatic N) is 3. The Bertz CT molecular complexity index is 450. The number of aryl methyl sites for hydroxylation is 1. The van der Waals surface area contributed by atoms with Crippen LogP contribution < -0.4 is 5.32 Å². The zero-order valence-corrected chi connectivity index (χ0v) is 11.5. The second-order valence-corrected chi connectivity index (χ2v) is 5.60. The van der Waals surface area contributed by atoms with Gasteiger partial charge in [-0.2, -0.15) is 5.10 Å². The molecule has 0 radical (unpaired) electrons. The van der Waals surface area contributed by atoms with Crippen LogP contribution in [0.4, 0.5) is 0 Å². The summed E-state index contributed by atoms with van der Waals surface area (Å²) in [6.45, 7) is 1.97. The quantitative estimate of drug-likeness (QED) is 0.870. The third-order valence-corrected chi connectivity index (χ3v) is 4.41. The molecular weight excluding hydrogens is 240 g/mol. The van der Waals surface area contributed by atoms with E-state index in [0.717, 1.165) is 25.9 Å². The summed E-state index contributed by atoms with van der Waals surface area (Å²) in [5.74, 6) is 0.137. The van der Waals surface area contributed by atoms with Gasteiger partial charge in [0, 0.05) is 31.9 Å². The van der Waals surface area contributed by atoms with Crippen LogP contribution in [0.1, 0.15) is 42.6 Å². The summed E-state index contributed by atoms with van der Waals surface area (Å²) in [5, 5.41) is 7.66. The van der Waals surface area contributed by atoms with Crippen molar-refractivity contribution in [3.05, 3.63) is 18.0 Å². The van der Waals surface area contributed by atoms with Crippen molar-refractivity contribution in [3.8, 4) is 0 Å². The van der Waals surface area contributed by atoms with Crippen LogP contribution in [0, 0.1) is 0 Å². The van der Waals surface area contributed by atoms with Gasteiger partial charge in [-0.1, -0.05) is 0 Å². The molecule has 104 valence electrons. The second-order valence-electron chi connectivity index (χ2n) is 5.60. The van der Waals surface area contributed by atoms with Gasteiger partial charge in [0.2, 0.25) is 0 Å². The van der Waals surface area contributed by atoms with Gasteiger partial charge in [0.25, 0.3) is 5.91 Å². The summed E-state index contributed by atoms with van der Waals surface area (Å²) in [4.78, 5) is 14.8. The highest BCUT2D eigenvalue weighted by Gasteiger charge is 2.35. The number of nitrogens with one attached hydrogen (secondary N) is 1. The molecule has 0 spiro atoms. The lowest BCUT2D eigenvalue weighted by Crippen LogP contribution is -2.52. The molecule has 0 aliphatic carbocycles. The molecule has 5 nitrogen and oxygen atoms in total. The van der Waals surface area contributed by atoms with E-state index in [2.05, 4.69) is 15.3 Å². The van der Waals surface area contributed by atoms with Gasteiger partial charge in [0.05, 0.1) is 0 Å². The van der Waals surface area contributed by atoms with Gasteiger partial charge in [0.15, 0.2) is 0 Å². The van der Waals surface area contributed by atoms with E-state index in [1.807, 2.05) is 13.1 Å². The van der Waals surface area contributed by atoms with Gasteiger partial charge in [-0.05, 0) is 44.7 Å². The van der Waals surface area contributed by atoms with E-state index < -0.39 is 0 Å². The van der Waals surface area contributed by atoms with Crippen LogP contribution in [0.3, 0.4) is 0 Å². The Hall–Kier alpha value is -1.36. The Labute approximate surface area is 114 Å². The van der Waals surface area contributed by atoms with Gasteiger partial charge >= 0.3 is 0 Å². The van der Waals surface area contributed by atoms with Crippen LogP contribution in [0.5, 0.6) is 0 Å². The van der Waals surface area contributed by atoms with E-state index in [1.54, 1.807) is 10.9 Å². The van der Waals surface area contributed by atoms with Gasteiger partial charge in [-0.15, -0.1) is 0 Å². The summed E-state index contributed by atoms with van der Waals surface area (Å²) in [6.07, 6.45) is 7.60. The molecule has 0 aromatic carbocycles. The fourth-order valence-corrected chi connectivity index (χ4v) is 3.40. The van der Waals surface area contributed by atoms with Crippen LogP contribution in [-0.2, 0) is 7.05 Å². The molecule has 2 aliphatic heterocycles. The molecule has 0 saturated carbocycles. The van der Waals surface area contributed by atoms with Crippen molar-refractivity contribution in [2.45, 2.75) is 44.2 Å². The van der Waals surface area contributed by atoms with Crippen molar-refractivity contribution in [1.82, 2.24) is 20.0 Å². The standard InChI is InChI=1S/C14H22N4O/c1-17-13(7-9-16-17)14(19)18-10-3-2-6-12(18)11-5-4-8-15-11/h7,9,11-12,15H,2-6,8,10H2,1H3. The van der Waals surface area contributed by atoms with Gasteiger partial charge in [-0.3, -0.25) is 9.48 Å². The maximum absolute atomic E-state index is 12.7. The van der Waals surface area contributed by atoms with Crippen LogP contribution in [0.2, 0.25) is 0 Å². The zero-order valence-electron chi connectivity index (χ0n) is 11.5. The Morgan fingerprint density at radius 2 is 2.26 bits per heavy atom. The van der Waals surface area contributed by atoms with E-state index >= 15 is 0 Å². The molecule has 5 heteroatoms. The molecule has 2 saturated heterocycles. The van der Waals surface area contributed by atoms with Crippen LogP contribution in [0.25, 0.3) is 0 Å². The number of aromatic nitrogens is 2. The first-order valence-electron chi connectivity index (χ1n) is 7.30. The predicted octanol–water partition coefficient (Wildman–Crippen LogP) is 1.17. The number of rotatable bonds is 2. The van der Waals surface area contributed by atoms with Crippen molar-refractivity contribution in [2.24, 2.45) is 7.05 Å². The SMILES string of the molecule is Cn1nccc1C(=O)N1CCCCC1C1CCCN1. The lowest BCUT2D eigenvalue weighted by atomic mass is 9.94. The van der Waals surface area contributed by atoms with E-state index in [-0.39, 0.29) is 5.91 Å². The number of likely N-dealkylation sites (tertiary alicyclic amines) is 1. The second kappa shape index (κ2) is 5.33. The first kappa shape index (κ1) is 12.7. The van der Waals surface area contributed by atoms with Crippen LogP contribution >= 0.6 is 0 Å². The molecular formula is C14H22N4O. The maximum Gasteiger partial charge on any atom is 0.272 e. The van der Waals surface area contributed by atoms with Crippen LogP contribution in [-0.4, -0.2) is 45.8 Å². The van der Waals surface area contributed by atoms with Gasteiger partial charge in [-0.25, -0.2) is 0 Å². The number of amides is 1. The first-order valence-corrected chi connectivity index (χ1v) is 7.30. The summed E-state index contributed by atoms with van der Waals surface area (Å²) < 4.78 is 1.68. The van der Waals surface area contributed by atoms with Gasteiger partial charge in [0.1, 0.15) is 5.69 Å². The molecule has 0 bridgehead atoms. The highest BCUT2D eigenvalue weighted by molar-refractivity contribution is 5.92. The number of carbonyl (C=O) groups excluding carboxylic acids is 1. The fourth-order valence-electron chi connectivity index (χ4n) is 3.40. The van der Waals surface area contributed by atoms with Crippen molar-refractivity contribution < 1.29 is 4.79 Å². The molecule has 2 fully saturated rings. The zero-order chi connectivity index (χ0) is 13.2. The van der Waals surface area contributed by atoms with Crippen molar-refractivity contribution in [1.29, 1.82) is 0 Å². The molecule has 19 heavy (non-hydrogen) atoms. The first-order chi connectivity index (χ1) is 9.27. The Balaban J connectivity index is 1.80. The van der Waals surface area contributed by atoms with E-state index in [4.69, 9.17) is 0 Å². The summed E-state index contributed by atoms with van der Waals surface area (Å²) in [7, 11) is 1.83. The maximum atomic E-state index is 12.7. The minimum atomic E-state index is 0.137. The molecule has 1 aromatic heterocycles. The summed E-state index contributed by atoms with van der Waals surface area (Å²) >= 11 is 0. The third-order valence-electron chi connectivity index (χ3n) is 4.41. The lowest BCUT2D eigenvalue weighted by molar-refractivity contribution is 0.0552. The smallest absolute Gasteiger partial charge is 0.272 e. The minimum Gasteiger partial charge on any atom is -0.333 e. The third kappa shape index (κ3) is 2.39.